The minimum atomic E-state index is -0.421. The molecule has 4 rings (SSSR count). The molecule has 1 aromatic heterocycles. The molecule has 0 saturated carbocycles. The summed E-state index contributed by atoms with van der Waals surface area (Å²) >= 11 is 6.20. The number of amides is 1. The number of hydrogen-bond acceptors (Lipinski definition) is 5. The Morgan fingerprint density at radius 1 is 1.13 bits per heavy atom. The average Bonchev–Trinajstić information content (AvgIpc) is 3.35. The number of esters is 1. The molecule has 0 unspecified atom stereocenters. The Morgan fingerprint density at radius 3 is 2.68 bits per heavy atom. The van der Waals surface area contributed by atoms with Crippen LogP contribution in [-0.2, 0) is 9.53 Å². The Labute approximate surface area is 184 Å². The highest BCUT2D eigenvalue weighted by Crippen LogP contribution is 2.32. The number of carbonyl (C=O) groups is 2. The Kier molecular flexibility index (Phi) is 5.48. The van der Waals surface area contributed by atoms with Gasteiger partial charge in [-0.15, -0.1) is 0 Å². The van der Waals surface area contributed by atoms with Crippen LogP contribution in [-0.4, -0.2) is 24.7 Å². The van der Waals surface area contributed by atoms with Gasteiger partial charge < -0.3 is 9.15 Å². The molecule has 2 heterocycles. The summed E-state index contributed by atoms with van der Waals surface area (Å²) in [6.45, 7) is 3.62. The smallest absolute Gasteiger partial charge is 0.337 e. The fourth-order valence-corrected chi connectivity index (χ4v) is 3.49. The van der Waals surface area contributed by atoms with Gasteiger partial charge in [0.1, 0.15) is 11.5 Å². The summed E-state index contributed by atoms with van der Waals surface area (Å²) in [5.74, 6) is 0.394. The lowest BCUT2D eigenvalue weighted by Crippen LogP contribution is -2.22. The summed E-state index contributed by atoms with van der Waals surface area (Å²) in [6, 6.07) is 15.9. The molecule has 0 spiro atoms. The van der Waals surface area contributed by atoms with Crippen LogP contribution in [0.5, 0.6) is 0 Å². The SMILES string of the molecule is COC(=O)c1cccc(-c2ccc(/C=C3\C(=O)N(c4cccc(Cl)c4C)N=C3C)o2)c1. The van der Waals surface area contributed by atoms with Crippen LogP contribution in [0, 0.1) is 6.92 Å². The molecule has 3 aromatic rings. The number of halogens is 1. The maximum atomic E-state index is 13.0. The van der Waals surface area contributed by atoms with E-state index in [4.69, 9.17) is 20.8 Å². The Bertz CT molecular complexity index is 1260. The number of nitrogens with zero attached hydrogens (tertiary/aromatic N) is 2. The van der Waals surface area contributed by atoms with Crippen LogP contribution in [0.25, 0.3) is 17.4 Å². The highest BCUT2D eigenvalue weighted by Gasteiger charge is 2.30. The largest absolute Gasteiger partial charge is 0.465 e. The standard InChI is InChI=1S/C24H19ClN2O4/c1-14-20(25)8-5-9-21(14)27-23(28)19(15(2)26-27)13-18-10-11-22(31-18)16-6-4-7-17(12-16)24(29)30-3/h4-13H,1-3H3/b19-13-. The molecule has 0 bridgehead atoms. The molecular formula is C24H19ClN2O4. The van der Waals surface area contributed by atoms with Gasteiger partial charge in [-0.25, -0.2) is 4.79 Å². The first-order valence-corrected chi connectivity index (χ1v) is 9.92. The van der Waals surface area contributed by atoms with Crippen molar-refractivity contribution < 1.29 is 18.7 Å². The van der Waals surface area contributed by atoms with Crippen LogP contribution in [0.4, 0.5) is 5.69 Å². The quantitative estimate of drug-likeness (QED) is 0.401. The van der Waals surface area contributed by atoms with E-state index in [1.807, 2.05) is 13.0 Å². The van der Waals surface area contributed by atoms with E-state index in [0.717, 1.165) is 11.1 Å². The van der Waals surface area contributed by atoms with Gasteiger partial charge in [0.15, 0.2) is 0 Å². The molecule has 1 aliphatic rings. The predicted molar refractivity (Wildman–Crippen MR) is 120 cm³/mol. The lowest BCUT2D eigenvalue weighted by atomic mass is 10.1. The molecular weight excluding hydrogens is 416 g/mol. The second kappa shape index (κ2) is 8.24. The third-order valence-electron chi connectivity index (χ3n) is 5.01. The van der Waals surface area contributed by atoms with Gasteiger partial charge in [0.25, 0.3) is 5.91 Å². The van der Waals surface area contributed by atoms with Crippen molar-refractivity contribution in [3.05, 3.63) is 82.1 Å². The van der Waals surface area contributed by atoms with Gasteiger partial charge in [0, 0.05) is 10.6 Å². The van der Waals surface area contributed by atoms with E-state index < -0.39 is 5.97 Å². The van der Waals surface area contributed by atoms with Crippen molar-refractivity contribution in [3.8, 4) is 11.3 Å². The summed E-state index contributed by atoms with van der Waals surface area (Å²) in [5, 5.41) is 6.33. The fourth-order valence-electron chi connectivity index (χ4n) is 3.32. The summed E-state index contributed by atoms with van der Waals surface area (Å²) in [6.07, 6.45) is 1.66. The molecule has 0 atom stereocenters. The van der Waals surface area contributed by atoms with Gasteiger partial charge >= 0.3 is 5.97 Å². The van der Waals surface area contributed by atoms with Gasteiger partial charge in [-0.1, -0.05) is 29.8 Å². The number of methoxy groups -OCH3 is 1. The lowest BCUT2D eigenvalue weighted by molar-refractivity contribution is -0.114. The van der Waals surface area contributed by atoms with Crippen LogP contribution in [0.1, 0.15) is 28.6 Å². The molecule has 0 fully saturated rings. The highest BCUT2D eigenvalue weighted by molar-refractivity contribution is 6.34. The van der Waals surface area contributed by atoms with E-state index in [-0.39, 0.29) is 5.91 Å². The normalized spacial score (nSPS) is 14.8. The minimum Gasteiger partial charge on any atom is -0.465 e. The number of ether oxygens (including phenoxy) is 1. The topological polar surface area (TPSA) is 72.1 Å². The summed E-state index contributed by atoms with van der Waals surface area (Å²) < 4.78 is 10.7. The molecule has 2 aromatic carbocycles. The van der Waals surface area contributed by atoms with Crippen molar-refractivity contribution in [2.45, 2.75) is 13.8 Å². The first-order chi connectivity index (χ1) is 14.9. The van der Waals surface area contributed by atoms with Crippen molar-refractivity contribution in [3.63, 3.8) is 0 Å². The molecule has 1 aliphatic heterocycles. The second-order valence-corrected chi connectivity index (χ2v) is 7.43. The molecule has 7 heteroatoms. The Morgan fingerprint density at radius 2 is 1.90 bits per heavy atom. The third-order valence-corrected chi connectivity index (χ3v) is 5.42. The van der Waals surface area contributed by atoms with E-state index in [9.17, 15) is 9.59 Å². The summed E-state index contributed by atoms with van der Waals surface area (Å²) in [7, 11) is 1.34. The van der Waals surface area contributed by atoms with Crippen molar-refractivity contribution in [2.75, 3.05) is 12.1 Å². The van der Waals surface area contributed by atoms with Gasteiger partial charge in [0.05, 0.1) is 29.6 Å². The third kappa shape index (κ3) is 3.90. The Hall–Kier alpha value is -3.64. The van der Waals surface area contributed by atoms with E-state index in [0.29, 0.717) is 39.1 Å². The fraction of sp³-hybridized carbons (Fsp3) is 0.125. The van der Waals surface area contributed by atoms with Crippen molar-refractivity contribution >= 4 is 41.0 Å². The first kappa shape index (κ1) is 20.6. The maximum absolute atomic E-state index is 13.0. The number of hydrazone groups is 1. The highest BCUT2D eigenvalue weighted by atomic mass is 35.5. The maximum Gasteiger partial charge on any atom is 0.337 e. The zero-order valence-electron chi connectivity index (χ0n) is 17.2. The molecule has 31 heavy (non-hydrogen) atoms. The number of hydrogen-bond donors (Lipinski definition) is 0. The summed E-state index contributed by atoms with van der Waals surface area (Å²) in [4.78, 5) is 24.8. The second-order valence-electron chi connectivity index (χ2n) is 7.02. The monoisotopic (exact) mass is 434 g/mol. The zero-order chi connectivity index (χ0) is 22.1. The van der Waals surface area contributed by atoms with E-state index in [1.165, 1.54) is 12.1 Å². The van der Waals surface area contributed by atoms with Crippen LogP contribution < -0.4 is 5.01 Å². The molecule has 156 valence electrons. The molecule has 6 nitrogen and oxygen atoms in total. The Balaban J connectivity index is 1.63. The first-order valence-electron chi connectivity index (χ1n) is 9.54. The van der Waals surface area contributed by atoms with Crippen LogP contribution in [0.15, 0.2) is 69.7 Å². The lowest BCUT2D eigenvalue weighted by Gasteiger charge is -2.15. The molecule has 0 N–H and O–H groups in total. The van der Waals surface area contributed by atoms with E-state index >= 15 is 0 Å². The number of furan rings is 1. The number of benzene rings is 2. The van der Waals surface area contributed by atoms with Crippen LogP contribution >= 0.6 is 11.6 Å². The number of anilines is 1. The van der Waals surface area contributed by atoms with Gasteiger partial charge in [-0.3, -0.25) is 4.79 Å². The zero-order valence-corrected chi connectivity index (χ0v) is 17.9. The van der Waals surface area contributed by atoms with Crippen molar-refractivity contribution in [2.24, 2.45) is 5.10 Å². The average molecular weight is 435 g/mol. The van der Waals surface area contributed by atoms with Gasteiger partial charge in [-0.05, 0) is 61.9 Å². The molecule has 1 amide bonds. The van der Waals surface area contributed by atoms with Crippen molar-refractivity contribution in [1.29, 1.82) is 0 Å². The van der Waals surface area contributed by atoms with Crippen molar-refractivity contribution in [1.82, 2.24) is 0 Å². The van der Waals surface area contributed by atoms with Gasteiger partial charge in [-0.2, -0.15) is 10.1 Å². The van der Waals surface area contributed by atoms with E-state index in [2.05, 4.69) is 5.10 Å². The molecule has 0 aliphatic carbocycles. The van der Waals surface area contributed by atoms with Crippen LogP contribution in [0.3, 0.4) is 0 Å². The van der Waals surface area contributed by atoms with Gasteiger partial charge in [0.2, 0.25) is 0 Å². The number of rotatable bonds is 4. The predicted octanol–water partition coefficient (Wildman–Crippen LogP) is 5.50. The summed E-state index contributed by atoms with van der Waals surface area (Å²) in [5.41, 5.74) is 3.59. The van der Waals surface area contributed by atoms with Crippen LogP contribution in [0.2, 0.25) is 5.02 Å². The minimum absolute atomic E-state index is 0.256. The molecule has 0 radical (unpaired) electrons. The molecule has 0 saturated heterocycles. The van der Waals surface area contributed by atoms with E-state index in [1.54, 1.807) is 61.5 Å². The number of carbonyl (C=O) groups excluding carboxylic acids is 2.